The number of aromatic amines is 1. The first-order valence-electron chi connectivity index (χ1n) is 7.24. The van der Waals surface area contributed by atoms with Gasteiger partial charge in [-0.25, -0.2) is 14.4 Å². The summed E-state index contributed by atoms with van der Waals surface area (Å²) in [6.45, 7) is 3.74. The molecule has 6 heteroatoms. The van der Waals surface area contributed by atoms with E-state index in [4.69, 9.17) is 0 Å². The molecule has 2 aromatic carbocycles. The van der Waals surface area contributed by atoms with Crippen molar-refractivity contribution < 1.29 is 4.39 Å². The first-order valence-corrected chi connectivity index (χ1v) is 7.24. The Morgan fingerprint density at radius 1 is 1.13 bits per heavy atom. The van der Waals surface area contributed by atoms with Gasteiger partial charge in [0.05, 0.1) is 17.2 Å². The lowest BCUT2D eigenvalue weighted by atomic mass is 10.1. The maximum atomic E-state index is 13.7. The van der Waals surface area contributed by atoms with Crippen molar-refractivity contribution >= 4 is 33.4 Å². The first kappa shape index (κ1) is 13.6. The lowest BCUT2D eigenvalue weighted by Crippen LogP contribution is -1.99. The highest BCUT2D eigenvalue weighted by molar-refractivity contribution is 5.86. The molecule has 0 fully saturated rings. The number of nitrogens with one attached hydrogen (secondary N) is 2. The van der Waals surface area contributed by atoms with Crippen molar-refractivity contribution in [2.45, 2.75) is 13.8 Å². The van der Waals surface area contributed by atoms with Gasteiger partial charge < -0.3 is 5.32 Å². The van der Waals surface area contributed by atoms with Crippen molar-refractivity contribution in [2.24, 2.45) is 0 Å². The zero-order chi connectivity index (χ0) is 16.0. The highest BCUT2D eigenvalue weighted by atomic mass is 19.1. The molecule has 0 bridgehead atoms. The van der Waals surface area contributed by atoms with Crippen molar-refractivity contribution in [3.8, 4) is 0 Å². The molecule has 0 saturated heterocycles. The minimum absolute atomic E-state index is 0.267. The molecule has 23 heavy (non-hydrogen) atoms. The lowest BCUT2D eigenvalue weighted by Gasteiger charge is -2.08. The molecule has 4 rings (SSSR count). The number of H-pyrrole nitrogens is 1. The number of nitrogens with zero attached hydrogens (tertiary/aromatic N) is 3. The van der Waals surface area contributed by atoms with Crippen LogP contribution in [-0.2, 0) is 0 Å². The van der Waals surface area contributed by atoms with E-state index in [2.05, 4.69) is 25.5 Å². The van der Waals surface area contributed by atoms with E-state index in [1.54, 1.807) is 25.4 Å². The Kier molecular flexibility index (Phi) is 2.97. The summed E-state index contributed by atoms with van der Waals surface area (Å²) in [5.41, 5.74) is 4.03. The van der Waals surface area contributed by atoms with Gasteiger partial charge >= 0.3 is 0 Å². The third-order valence-corrected chi connectivity index (χ3v) is 3.96. The summed E-state index contributed by atoms with van der Waals surface area (Å²) in [5, 5.41) is 12.1. The summed E-state index contributed by atoms with van der Waals surface area (Å²) in [5.74, 6) is 0.168. The van der Waals surface area contributed by atoms with Crippen molar-refractivity contribution in [1.82, 2.24) is 20.2 Å². The van der Waals surface area contributed by atoms with Gasteiger partial charge in [0, 0.05) is 28.2 Å². The Balaban J connectivity index is 1.77. The molecule has 2 aromatic heterocycles. The van der Waals surface area contributed by atoms with Gasteiger partial charge in [0.1, 0.15) is 5.82 Å². The summed E-state index contributed by atoms with van der Waals surface area (Å²) in [4.78, 5) is 8.74. The molecule has 114 valence electrons. The zero-order valence-corrected chi connectivity index (χ0v) is 12.7. The second-order valence-electron chi connectivity index (χ2n) is 5.55. The maximum Gasteiger partial charge on any atom is 0.227 e. The normalized spacial score (nSPS) is 11.3. The van der Waals surface area contributed by atoms with E-state index in [9.17, 15) is 4.39 Å². The van der Waals surface area contributed by atoms with Crippen LogP contribution in [0.25, 0.3) is 21.8 Å². The summed E-state index contributed by atoms with van der Waals surface area (Å²) < 4.78 is 13.7. The van der Waals surface area contributed by atoms with E-state index in [-0.39, 0.29) is 5.82 Å². The average molecular weight is 307 g/mol. The number of aryl methyl sites for hydroxylation is 2. The maximum absolute atomic E-state index is 13.7. The molecule has 5 nitrogen and oxygen atoms in total. The van der Waals surface area contributed by atoms with Crippen LogP contribution in [0.4, 0.5) is 16.0 Å². The Hall–Kier alpha value is -3.02. The molecule has 0 aliphatic heterocycles. The van der Waals surface area contributed by atoms with Gasteiger partial charge in [-0.3, -0.25) is 5.10 Å². The highest BCUT2D eigenvalue weighted by Crippen LogP contribution is 2.25. The molecule has 0 unspecified atom stereocenters. The number of aromatic nitrogens is 4. The quantitative estimate of drug-likeness (QED) is 0.587. The van der Waals surface area contributed by atoms with E-state index in [0.29, 0.717) is 17.0 Å². The molecule has 0 aliphatic carbocycles. The van der Waals surface area contributed by atoms with Gasteiger partial charge in [0.15, 0.2) is 0 Å². The number of rotatable bonds is 2. The zero-order valence-electron chi connectivity index (χ0n) is 12.7. The van der Waals surface area contributed by atoms with Crippen molar-refractivity contribution in [2.75, 3.05) is 5.32 Å². The second-order valence-corrected chi connectivity index (χ2v) is 5.55. The monoisotopic (exact) mass is 307 g/mol. The van der Waals surface area contributed by atoms with Crippen LogP contribution in [0.3, 0.4) is 0 Å². The standard InChI is InChI=1S/C17H14FN5/c1-9-5-12(6-15-13(9)8-20-23-15)21-17-19-7-11-3-4-14(18)10(2)16(11)22-17/h3-8H,1-2H3,(H,20,23)(H,19,21,22). The number of benzene rings is 2. The molecule has 4 aromatic rings. The Labute approximate surface area is 131 Å². The van der Waals surface area contributed by atoms with E-state index >= 15 is 0 Å². The molecular weight excluding hydrogens is 293 g/mol. The van der Waals surface area contributed by atoms with E-state index in [0.717, 1.165) is 27.5 Å². The molecule has 0 aliphatic rings. The van der Waals surface area contributed by atoms with Crippen molar-refractivity contribution in [3.05, 3.63) is 53.6 Å². The molecular formula is C17H14FN5. The SMILES string of the molecule is Cc1cc(Nc2ncc3ccc(F)c(C)c3n2)cc2[nH]ncc12. The molecule has 0 atom stereocenters. The van der Waals surface area contributed by atoms with Crippen LogP contribution in [0, 0.1) is 19.7 Å². The van der Waals surface area contributed by atoms with Gasteiger partial charge in [-0.1, -0.05) is 0 Å². The Bertz CT molecular complexity index is 1040. The van der Waals surface area contributed by atoms with Gasteiger partial charge in [-0.15, -0.1) is 0 Å². The number of anilines is 2. The van der Waals surface area contributed by atoms with Crippen LogP contribution in [-0.4, -0.2) is 20.2 Å². The van der Waals surface area contributed by atoms with Crippen LogP contribution >= 0.6 is 0 Å². The van der Waals surface area contributed by atoms with Gasteiger partial charge in [-0.05, 0) is 43.7 Å². The summed E-state index contributed by atoms with van der Waals surface area (Å²) in [6.07, 6.45) is 3.49. The Morgan fingerprint density at radius 2 is 2.00 bits per heavy atom. The van der Waals surface area contributed by atoms with E-state index in [1.807, 2.05) is 19.1 Å². The minimum Gasteiger partial charge on any atom is -0.324 e. The molecule has 2 N–H and O–H groups in total. The van der Waals surface area contributed by atoms with Crippen molar-refractivity contribution in [1.29, 1.82) is 0 Å². The molecule has 0 spiro atoms. The molecule has 0 saturated carbocycles. The summed E-state index contributed by atoms with van der Waals surface area (Å²) in [6, 6.07) is 7.07. The number of fused-ring (bicyclic) bond motifs is 2. The fraction of sp³-hybridized carbons (Fsp3) is 0.118. The average Bonchev–Trinajstić information content (AvgIpc) is 3.00. The number of hydrogen-bond donors (Lipinski definition) is 2. The van der Waals surface area contributed by atoms with Crippen LogP contribution in [0.2, 0.25) is 0 Å². The molecule has 0 radical (unpaired) electrons. The first-order chi connectivity index (χ1) is 11.1. The minimum atomic E-state index is -0.267. The van der Waals surface area contributed by atoms with Crippen LogP contribution in [0.15, 0.2) is 36.7 Å². The summed E-state index contributed by atoms with van der Waals surface area (Å²) >= 11 is 0. The third kappa shape index (κ3) is 2.28. The lowest BCUT2D eigenvalue weighted by molar-refractivity contribution is 0.620. The summed E-state index contributed by atoms with van der Waals surface area (Å²) in [7, 11) is 0. The smallest absolute Gasteiger partial charge is 0.227 e. The number of hydrogen-bond acceptors (Lipinski definition) is 4. The largest absolute Gasteiger partial charge is 0.324 e. The second kappa shape index (κ2) is 5.01. The topological polar surface area (TPSA) is 66.5 Å². The predicted molar refractivity (Wildman–Crippen MR) is 88.3 cm³/mol. The van der Waals surface area contributed by atoms with E-state index < -0.39 is 0 Å². The third-order valence-electron chi connectivity index (χ3n) is 3.96. The molecule has 0 amide bonds. The highest BCUT2D eigenvalue weighted by Gasteiger charge is 2.08. The van der Waals surface area contributed by atoms with Gasteiger partial charge in [0.2, 0.25) is 5.95 Å². The van der Waals surface area contributed by atoms with Crippen LogP contribution in [0.1, 0.15) is 11.1 Å². The fourth-order valence-electron chi connectivity index (χ4n) is 2.70. The van der Waals surface area contributed by atoms with Gasteiger partial charge in [0.25, 0.3) is 0 Å². The molecule has 2 heterocycles. The predicted octanol–water partition coefficient (Wildman–Crippen LogP) is 4.01. The van der Waals surface area contributed by atoms with Crippen LogP contribution in [0.5, 0.6) is 0 Å². The fourth-order valence-corrected chi connectivity index (χ4v) is 2.70. The van der Waals surface area contributed by atoms with E-state index in [1.165, 1.54) is 6.07 Å². The van der Waals surface area contributed by atoms with Crippen molar-refractivity contribution in [3.63, 3.8) is 0 Å². The number of halogens is 1. The van der Waals surface area contributed by atoms with Gasteiger partial charge in [-0.2, -0.15) is 5.10 Å². The van der Waals surface area contributed by atoms with Crippen LogP contribution < -0.4 is 5.32 Å². The Morgan fingerprint density at radius 3 is 2.87 bits per heavy atom.